The highest BCUT2D eigenvalue weighted by Gasteiger charge is 2.37. The van der Waals surface area contributed by atoms with Crippen LogP contribution in [-0.2, 0) is 28.7 Å². The van der Waals surface area contributed by atoms with Crippen LogP contribution < -0.4 is 4.90 Å². The zero-order valence-corrected chi connectivity index (χ0v) is 16.2. The Labute approximate surface area is 171 Å². The Bertz CT molecular complexity index is 1060. The fourth-order valence-electron chi connectivity index (χ4n) is 3.07. The second-order valence-electron chi connectivity index (χ2n) is 6.78. The van der Waals surface area contributed by atoms with Crippen molar-refractivity contribution in [2.45, 2.75) is 18.9 Å². The van der Waals surface area contributed by atoms with Crippen LogP contribution >= 0.6 is 0 Å². The average Bonchev–Trinajstić information content (AvgIpc) is 3.04. The van der Waals surface area contributed by atoms with Crippen LogP contribution in [0.25, 0.3) is 0 Å². The quantitative estimate of drug-likeness (QED) is 0.681. The Hall–Kier alpha value is -2.84. The first kappa shape index (κ1) is 22.8. The minimum atomic E-state index is -5.05. The van der Waals surface area contributed by atoms with Gasteiger partial charge < -0.3 is 10.0 Å². The molecule has 0 unspecified atom stereocenters. The molecule has 1 aromatic heterocycles. The lowest BCUT2D eigenvalue weighted by Gasteiger charge is -2.28. The molecule has 1 aromatic carbocycles. The summed E-state index contributed by atoms with van der Waals surface area (Å²) in [6.07, 6.45) is -10.1. The van der Waals surface area contributed by atoms with Crippen molar-refractivity contribution in [2.75, 3.05) is 29.5 Å². The summed E-state index contributed by atoms with van der Waals surface area (Å²) in [6.45, 7) is -0.912. The molecule has 1 N–H and O–H groups in total. The summed E-state index contributed by atoms with van der Waals surface area (Å²) >= 11 is 0. The third-order valence-electron chi connectivity index (χ3n) is 4.54. The van der Waals surface area contributed by atoms with Gasteiger partial charge in [0.25, 0.3) is 0 Å². The highest BCUT2D eigenvalue weighted by atomic mass is 32.2. The topological polar surface area (TPSA) is 105 Å². The van der Waals surface area contributed by atoms with Gasteiger partial charge >= 0.3 is 18.3 Å². The molecule has 170 valence electrons. The number of carbonyl (C=O) groups is 1. The number of carboxylic acid groups (broad SMARTS) is 1. The number of halogens is 6. The van der Waals surface area contributed by atoms with Gasteiger partial charge in [0.2, 0.25) is 5.69 Å². The monoisotopic (exact) mass is 472 g/mol. The van der Waals surface area contributed by atoms with Crippen LogP contribution in [-0.4, -0.2) is 59.1 Å². The van der Waals surface area contributed by atoms with Crippen molar-refractivity contribution in [3.05, 3.63) is 40.6 Å². The lowest BCUT2D eigenvalue weighted by Crippen LogP contribution is -2.42. The van der Waals surface area contributed by atoms with E-state index < -0.39 is 57.1 Å². The van der Waals surface area contributed by atoms with E-state index in [1.165, 1.54) is 4.90 Å². The maximum Gasteiger partial charge on any atom is 0.416 e. The van der Waals surface area contributed by atoms with Gasteiger partial charge in [0.15, 0.2) is 15.7 Å². The highest BCUT2D eigenvalue weighted by Crippen LogP contribution is 2.36. The summed E-state index contributed by atoms with van der Waals surface area (Å²) in [5.41, 5.74) is -4.08. The number of alkyl halides is 6. The molecule has 15 heteroatoms. The normalized spacial score (nSPS) is 17.0. The number of nitrogens with zero attached hydrogens (tertiary/aromatic N) is 4. The first-order valence-electron chi connectivity index (χ1n) is 8.58. The summed E-state index contributed by atoms with van der Waals surface area (Å²) in [5.74, 6) is -2.35. The average molecular weight is 472 g/mol. The molecule has 8 nitrogen and oxygen atoms in total. The van der Waals surface area contributed by atoms with E-state index in [4.69, 9.17) is 0 Å². The van der Waals surface area contributed by atoms with E-state index in [9.17, 15) is 44.7 Å². The number of aromatic carboxylic acids is 1. The molecular formula is C16H14F6N4O4S. The Balaban J connectivity index is 2.04. The third kappa shape index (κ3) is 5.08. The van der Waals surface area contributed by atoms with Crippen LogP contribution in [0.2, 0.25) is 0 Å². The van der Waals surface area contributed by atoms with Gasteiger partial charge in [-0.1, -0.05) is 5.21 Å². The molecule has 1 saturated heterocycles. The summed E-state index contributed by atoms with van der Waals surface area (Å²) in [6, 6.07) is 0.980. The summed E-state index contributed by atoms with van der Waals surface area (Å²) in [7, 11) is -3.34. The maximum atomic E-state index is 13.1. The fourth-order valence-corrected chi connectivity index (χ4v) is 4.27. The standard InChI is InChI=1S/C16H14F6N4O4S/c17-15(18,19)10-5-9(6-11(7-10)16(20,21)22)8-26-13(12(14(27)28)23-24-26)25-1-3-31(29,30)4-2-25/h5-7H,1-4,8H2,(H,27,28). The van der Waals surface area contributed by atoms with Crippen molar-refractivity contribution in [1.29, 1.82) is 0 Å². The van der Waals surface area contributed by atoms with Crippen LogP contribution in [0.3, 0.4) is 0 Å². The van der Waals surface area contributed by atoms with Gasteiger partial charge in [-0.3, -0.25) is 0 Å². The van der Waals surface area contributed by atoms with Crippen molar-refractivity contribution in [3.8, 4) is 0 Å². The molecular weight excluding hydrogens is 458 g/mol. The van der Waals surface area contributed by atoms with Crippen LogP contribution in [0, 0.1) is 0 Å². The number of benzene rings is 1. The molecule has 0 aliphatic carbocycles. The lowest BCUT2D eigenvalue weighted by molar-refractivity contribution is -0.143. The minimum Gasteiger partial charge on any atom is -0.476 e. The largest absolute Gasteiger partial charge is 0.476 e. The zero-order valence-electron chi connectivity index (χ0n) is 15.4. The Morgan fingerprint density at radius 1 is 1.00 bits per heavy atom. The molecule has 0 amide bonds. The first-order valence-corrected chi connectivity index (χ1v) is 10.4. The van der Waals surface area contributed by atoms with Gasteiger partial charge in [-0.25, -0.2) is 17.9 Å². The fraction of sp³-hybridized carbons (Fsp3) is 0.438. The molecule has 0 saturated carbocycles. The van der Waals surface area contributed by atoms with E-state index >= 15 is 0 Å². The highest BCUT2D eigenvalue weighted by molar-refractivity contribution is 7.91. The van der Waals surface area contributed by atoms with E-state index in [0.717, 1.165) is 4.68 Å². The summed E-state index contributed by atoms with van der Waals surface area (Å²) < 4.78 is 103. The van der Waals surface area contributed by atoms with Crippen molar-refractivity contribution in [3.63, 3.8) is 0 Å². The van der Waals surface area contributed by atoms with Gasteiger partial charge in [0, 0.05) is 13.1 Å². The van der Waals surface area contributed by atoms with Crippen LogP contribution in [0.15, 0.2) is 18.2 Å². The van der Waals surface area contributed by atoms with Crippen LogP contribution in [0.4, 0.5) is 32.2 Å². The molecule has 2 aromatic rings. The van der Waals surface area contributed by atoms with Crippen molar-refractivity contribution < 1.29 is 44.7 Å². The lowest BCUT2D eigenvalue weighted by atomic mass is 10.0. The van der Waals surface area contributed by atoms with Gasteiger partial charge in [-0.15, -0.1) is 5.10 Å². The van der Waals surface area contributed by atoms with E-state index in [-0.39, 0.29) is 36.5 Å². The van der Waals surface area contributed by atoms with Gasteiger partial charge in [-0.05, 0) is 23.8 Å². The SMILES string of the molecule is O=C(O)c1nnn(Cc2cc(C(F)(F)F)cc(C(F)(F)F)c2)c1N1CCS(=O)(=O)CC1. The van der Waals surface area contributed by atoms with Crippen molar-refractivity contribution in [1.82, 2.24) is 15.0 Å². The molecule has 1 aliphatic heterocycles. The van der Waals surface area contributed by atoms with E-state index in [0.29, 0.717) is 12.1 Å². The Morgan fingerprint density at radius 2 is 1.52 bits per heavy atom. The van der Waals surface area contributed by atoms with Crippen molar-refractivity contribution in [2.24, 2.45) is 0 Å². The van der Waals surface area contributed by atoms with Crippen molar-refractivity contribution >= 4 is 21.6 Å². The molecule has 1 fully saturated rings. The molecule has 0 spiro atoms. The van der Waals surface area contributed by atoms with Gasteiger partial charge in [-0.2, -0.15) is 26.3 Å². The second kappa shape index (κ2) is 7.69. The van der Waals surface area contributed by atoms with Gasteiger partial charge in [0.05, 0.1) is 29.2 Å². The van der Waals surface area contributed by atoms with Crippen LogP contribution in [0.5, 0.6) is 0 Å². The summed E-state index contributed by atoms with van der Waals surface area (Å²) in [5, 5.41) is 16.3. The maximum absolute atomic E-state index is 13.1. The number of rotatable bonds is 4. The summed E-state index contributed by atoms with van der Waals surface area (Å²) in [4.78, 5) is 12.8. The Kier molecular flexibility index (Phi) is 5.67. The van der Waals surface area contributed by atoms with E-state index in [2.05, 4.69) is 10.3 Å². The molecule has 0 bridgehead atoms. The number of aromatic nitrogens is 3. The molecule has 2 heterocycles. The van der Waals surface area contributed by atoms with E-state index in [1.54, 1.807) is 0 Å². The molecule has 1 aliphatic rings. The number of carboxylic acids is 1. The molecule has 3 rings (SSSR count). The second-order valence-corrected chi connectivity index (χ2v) is 9.08. The molecule has 31 heavy (non-hydrogen) atoms. The smallest absolute Gasteiger partial charge is 0.416 e. The number of sulfone groups is 1. The van der Waals surface area contributed by atoms with Gasteiger partial charge in [0.1, 0.15) is 0 Å². The van der Waals surface area contributed by atoms with Crippen LogP contribution in [0.1, 0.15) is 27.2 Å². The Morgan fingerprint density at radius 3 is 1.97 bits per heavy atom. The minimum absolute atomic E-state index is 0.0239. The predicted octanol–water partition coefficient (Wildman–Crippen LogP) is 2.30. The number of anilines is 1. The first-order chi connectivity index (χ1) is 14.2. The molecule has 0 radical (unpaired) electrons. The third-order valence-corrected chi connectivity index (χ3v) is 6.14. The number of hydrogen-bond donors (Lipinski definition) is 1. The zero-order chi connectivity index (χ0) is 23.2. The number of hydrogen-bond acceptors (Lipinski definition) is 6. The molecule has 0 atom stereocenters. The predicted molar refractivity (Wildman–Crippen MR) is 93.4 cm³/mol. The van der Waals surface area contributed by atoms with E-state index in [1.807, 2.05) is 0 Å².